The first kappa shape index (κ1) is 20.1. The van der Waals surface area contributed by atoms with Gasteiger partial charge in [-0.05, 0) is 44.7 Å². The minimum absolute atomic E-state index is 0.0502. The number of carbonyl (C=O) groups excluding carboxylic acids is 1. The average molecular weight is 366 g/mol. The van der Waals surface area contributed by atoms with Crippen LogP contribution in [0.5, 0.6) is 0 Å². The van der Waals surface area contributed by atoms with Crippen molar-refractivity contribution in [2.45, 2.75) is 44.2 Å². The molecule has 0 saturated carbocycles. The third kappa shape index (κ3) is 4.70. The van der Waals surface area contributed by atoms with Gasteiger partial charge >= 0.3 is 5.97 Å². The third-order valence-electron chi connectivity index (χ3n) is 5.48. The lowest BCUT2D eigenvalue weighted by Gasteiger charge is -2.43. The second-order valence-electron chi connectivity index (χ2n) is 7.26. The second-order valence-corrected chi connectivity index (χ2v) is 7.26. The molecule has 1 aromatic carbocycles. The van der Waals surface area contributed by atoms with Crippen LogP contribution in [0.25, 0.3) is 0 Å². The predicted molar refractivity (Wildman–Crippen MR) is 93.3 cm³/mol. The van der Waals surface area contributed by atoms with Gasteiger partial charge in [0.25, 0.3) is 5.09 Å². The van der Waals surface area contributed by atoms with E-state index in [-0.39, 0.29) is 24.2 Å². The van der Waals surface area contributed by atoms with Crippen molar-refractivity contribution in [3.05, 3.63) is 46.0 Å². The molecule has 0 amide bonds. The highest BCUT2D eigenvalue weighted by molar-refractivity contribution is 5.78. The van der Waals surface area contributed by atoms with Crippen LogP contribution in [0.4, 0.5) is 0 Å². The summed E-state index contributed by atoms with van der Waals surface area (Å²) < 4.78 is 5.73. The number of aliphatic hydroxyl groups is 1. The first-order valence-electron chi connectivity index (χ1n) is 8.70. The summed E-state index contributed by atoms with van der Waals surface area (Å²) in [5, 5.41) is 23.2. The summed E-state index contributed by atoms with van der Waals surface area (Å²) in [6.07, 6.45) is 2.07. The van der Waals surface area contributed by atoms with Gasteiger partial charge in [0.05, 0.1) is 6.61 Å². The van der Waals surface area contributed by atoms with Gasteiger partial charge in [0.1, 0.15) is 12.0 Å². The number of piperidine rings is 1. The number of hydrogen-bond donors (Lipinski definition) is 2. The molecule has 1 aromatic rings. The molecule has 2 aliphatic heterocycles. The Bertz CT molecular complexity index is 601. The first-order valence-corrected chi connectivity index (χ1v) is 8.70. The maximum Gasteiger partial charge on any atom is 0.316 e. The quantitative estimate of drug-likeness (QED) is 0.475. The number of nitrogens with zero attached hydrogens (tertiary/aromatic N) is 2. The molecule has 2 bridgehead atoms. The fourth-order valence-electron chi connectivity index (χ4n) is 3.91. The van der Waals surface area contributed by atoms with E-state index in [1.54, 1.807) is 0 Å². The molecule has 4 atom stereocenters. The molecule has 3 rings (SSSR count). The van der Waals surface area contributed by atoms with Crippen LogP contribution in [0.1, 0.15) is 38.2 Å². The first-order chi connectivity index (χ1) is 12.3. The number of benzene rings is 1. The Morgan fingerprint density at radius 2 is 2.04 bits per heavy atom. The summed E-state index contributed by atoms with van der Waals surface area (Å²) in [6, 6.07) is 9.37. The van der Waals surface area contributed by atoms with Crippen LogP contribution < -0.4 is 0 Å². The van der Waals surface area contributed by atoms with Gasteiger partial charge in [0, 0.05) is 12.1 Å². The Balaban J connectivity index is 0.000000552. The van der Waals surface area contributed by atoms with Crippen LogP contribution in [0.15, 0.2) is 30.3 Å². The minimum atomic E-state index is -1.50. The smallest absolute Gasteiger partial charge is 0.316 e. The largest absolute Gasteiger partial charge is 0.460 e. The molecule has 8 heteroatoms. The van der Waals surface area contributed by atoms with Crippen molar-refractivity contribution in [1.82, 2.24) is 4.90 Å². The van der Waals surface area contributed by atoms with E-state index in [1.165, 1.54) is 6.42 Å². The van der Waals surface area contributed by atoms with Crippen LogP contribution in [-0.4, -0.2) is 57.6 Å². The zero-order chi connectivity index (χ0) is 19.3. The lowest BCUT2D eigenvalue weighted by molar-refractivity contribution is -0.742. The van der Waals surface area contributed by atoms with Crippen molar-refractivity contribution in [2.75, 3.05) is 19.7 Å². The highest BCUT2D eigenvalue weighted by atomic mass is 16.9. The Hall–Kier alpha value is -2.19. The number of fused-ring (bicyclic) bond motifs is 2. The van der Waals surface area contributed by atoms with Crippen LogP contribution in [0.2, 0.25) is 0 Å². The molecule has 2 saturated heterocycles. The van der Waals surface area contributed by atoms with Gasteiger partial charge in [0.15, 0.2) is 0 Å². The van der Waals surface area contributed by atoms with E-state index in [0.29, 0.717) is 5.92 Å². The lowest BCUT2D eigenvalue weighted by atomic mass is 9.81. The minimum Gasteiger partial charge on any atom is -0.460 e. The van der Waals surface area contributed by atoms with Gasteiger partial charge in [-0.15, -0.1) is 10.1 Å². The molecule has 8 nitrogen and oxygen atoms in total. The number of aliphatic hydroxyl groups excluding tert-OH is 1. The third-order valence-corrected chi connectivity index (χ3v) is 5.48. The highest BCUT2D eigenvalue weighted by Gasteiger charge is 2.47. The Labute approximate surface area is 152 Å². The van der Waals surface area contributed by atoms with Gasteiger partial charge in [-0.25, -0.2) is 0 Å². The zero-order valence-electron chi connectivity index (χ0n) is 15.1. The van der Waals surface area contributed by atoms with Gasteiger partial charge in [0.2, 0.25) is 0 Å². The lowest BCUT2D eigenvalue weighted by Crippen LogP contribution is -2.52. The van der Waals surface area contributed by atoms with E-state index in [1.807, 2.05) is 30.3 Å². The summed E-state index contributed by atoms with van der Waals surface area (Å²) >= 11 is 0. The second kappa shape index (κ2) is 8.46. The molecule has 0 aliphatic carbocycles. The molecule has 2 aliphatic rings. The number of esters is 1. The molecule has 4 unspecified atom stereocenters. The average Bonchev–Trinajstić information content (AvgIpc) is 2.75. The van der Waals surface area contributed by atoms with Crippen LogP contribution in [0, 0.1) is 16.0 Å². The maximum atomic E-state index is 12.4. The van der Waals surface area contributed by atoms with Gasteiger partial charge < -0.3 is 15.1 Å². The molecular formula is C18H26N2O6. The molecule has 2 fully saturated rings. The van der Waals surface area contributed by atoms with Gasteiger partial charge in [-0.1, -0.05) is 30.3 Å². The van der Waals surface area contributed by atoms with Crippen LogP contribution in [-0.2, 0) is 9.53 Å². The molecule has 144 valence electrons. The van der Waals surface area contributed by atoms with Crippen molar-refractivity contribution in [3.8, 4) is 0 Å². The van der Waals surface area contributed by atoms with E-state index >= 15 is 0 Å². The summed E-state index contributed by atoms with van der Waals surface area (Å²) in [5.74, 6) is -0.300. The topological polar surface area (TPSA) is 113 Å². The molecule has 26 heavy (non-hydrogen) atoms. The number of ether oxygens (including phenoxy) is 1. The number of carbonyl (C=O) groups is 1. The van der Waals surface area contributed by atoms with Gasteiger partial charge in [-0.2, -0.15) is 0 Å². The summed E-state index contributed by atoms with van der Waals surface area (Å²) in [4.78, 5) is 23.2. The van der Waals surface area contributed by atoms with Crippen molar-refractivity contribution in [2.24, 2.45) is 5.92 Å². The zero-order valence-corrected chi connectivity index (χ0v) is 15.1. The van der Waals surface area contributed by atoms with E-state index in [0.717, 1.165) is 25.1 Å². The standard InChI is InChI=1S/C18H25NO3.HNO3/c1-18(2)14-8-9-19(18)11-15(10-14)22-17(21)16(12-20)13-6-4-3-5-7-13;2-1(3)4/h3-7,14-16,20H,8-12H2,1-2H3;(H,2,3,4). The molecule has 0 radical (unpaired) electrons. The van der Waals surface area contributed by atoms with Crippen molar-refractivity contribution < 1.29 is 24.9 Å². The molecule has 2 N–H and O–H groups in total. The fraction of sp³-hybridized carbons (Fsp3) is 0.611. The number of hydrogen-bond acceptors (Lipinski definition) is 6. The predicted octanol–water partition coefficient (Wildman–Crippen LogP) is 1.83. The van der Waals surface area contributed by atoms with E-state index in [4.69, 9.17) is 20.1 Å². The SMILES string of the molecule is CC1(C)C2CCN1CC(OC(=O)C(CO)c1ccccc1)C2.O=[N+]([O-])O. The highest BCUT2D eigenvalue weighted by Crippen LogP contribution is 2.42. The Morgan fingerprint density at radius 3 is 2.58 bits per heavy atom. The van der Waals surface area contributed by atoms with E-state index < -0.39 is 11.0 Å². The van der Waals surface area contributed by atoms with Crippen LogP contribution >= 0.6 is 0 Å². The molecular weight excluding hydrogens is 340 g/mol. The summed E-state index contributed by atoms with van der Waals surface area (Å²) in [5.41, 5.74) is 1.04. The Morgan fingerprint density at radius 1 is 1.42 bits per heavy atom. The van der Waals surface area contributed by atoms with Crippen molar-refractivity contribution >= 4 is 5.97 Å². The number of rotatable bonds is 4. The van der Waals surface area contributed by atoms with Crippen molar-refractivity contribution in [3.63, 3.8) is 0 Å². The molecule has 0 aromatic heterocycles. The van der Waals surface area contributed by atoms with E-state index in [9.17, 15) is 9.90 Å². The monoisotopic (exact) mass is 366 g/mol. The van der Waals surface area contributed by atoms with Crippen LogP contribution in [0.3, 0.4) is 0 Å². The summed E-state index contributed by atoms with van der Waals surface area (Å²) in [6.45, 7) is 6.25. The van der Waals surface area contributed by atoms with Gasteiger partial charge in [-0.3, -0.25) is 9.69 Å². The van der Waals surface area contributed by atoms with Crippen molar-refractivity contribution in [1.29, 1.82) is 0 Å². The fourth-order valence-corrected chi connectivity index (χ4v) is 3.91. The molecule has 2 heterocycles. The molecule has 0 spiro atoms. The Kier molecular flexibility index (Phi) is 6.55. The summed E-state index contributed by atoms with van der Waals surface area (Å²) in [7, 11) is 0. The van der Waals surface area contributed by atoms with E-state index in [2.05, 4.69) is 18.7 Å². The normalized spacial score (nSPS) is 27.0. The maximum absolute atomic E-state index is 12.4.